The number of hydrogen-bond donors (Lipinski definition) is 2. The molecule has 0 spiro atoms. The molecule has 1 amide bonds. The van der Waals surface area contributed by atoms with Gasteiger partial charge >= 0.3 is 0 Å². The molecule has 1 aromatic rings. The van der Waals surface area contributed by atoms with E-state index in [4.69, 9.17) is 17.3 Å². The van der Waals surface area contributed by atoms with E-state index in [1.807, 2.05) is 10.8 Å². The number of nitrogens with zero attached hydrogens (tertiary/aromatic N) is 1. The Balaban J connectivity index is 2.07. The number of nitrogens with two attached hydrogens (primary N) is 1. The first-order valence-electron chi connectivity index (χ1n) is 7.02. The van der Waals surface area contributed by atoms with Crippen molar-refractivity contribution in [1.82, 2.24) is 9.88 Å². The Morgan fingerprint density at radius 3 is 3.05 bits per heavy atom. The second-order valence-corrected chi connectivity index (χ2v) is 5.68. The zero-order valence-corrected chi connectivity index (χ0v) is 12.1. The molecular weight excluding hydrogens is 262 g/mol. The Hall–Kier alpha value is -1.00. The van der Waals surface area contributed by atoms with Gasteiger partial charge in [-0.05, 0) is 37.8 Å². The third-order valence-electron chi connectivity index (χ3n) is 3.84. The molecule has 0 aliphatic heterocycles. The summed E-state index contributed by atoms with van der Waals surface area (Å²) in [6.07, 6.45) is 6.06. The van der Waals surface area contributed by atoms with E-state index in [2.05, 4.69) is 12.2 Å². The molecule has 0 bridgehead atoms. The quantitative estimate of drug-likeness (QED) is 0.872. The molecule has 0 radical (unpaired) electrons. The van der Waals surface area contributed by atoms with E-state index in [1.54, 1.807) is 6.07 Å². The molecule has 1 aromatic heterocycles. The van der Waals surface area contributed by atoms with E-state index >= 15 is 0 Å². The summed E-state index contributed by atoms with van der Waals surface area (Å²) < 4.78 is 1.92. The van der Waals surface area contributed by atoms with Crippen molar-refractivity contribution >= 4 is 17.5 Å². The van der Waals surface area contributed by atoms with Gasteiger partial charge in [-0.1, -0.05) is 24.9 Å². The summed E-state index contributed by atoms with van der Waals surface area (Å²) in [5, 5.41) is 3.72. The summed E-state index contributed by atoms with van der Waals surface area (Å²) in [6.45, 7) is 3.53. The molecule has 19 heavy (non-hydrogen) atoms. The summed E-state index contributed by atoms with van der Waals surface area (Å²) in [7, 11) is 0. The van der Waals surface area contributed by atoms with Gasteiger partial charge in [-0.2, -0.15) is 0 Å². The Labute approximate surface area is 119 Å². The van der Waals surface area contributed by atoms with E-state index in [-0.39, 0.29) is 11.9 Å². The minimum absolute atomic E-state index is 0.0364. The van der Waals surface area contributed by atoms with Crippen molar-refractivity contribution in [2.45, 2.75) is 45.2 Å². The number of aryl methyl sites for hydroxylation is 1. The molecular formula is C14H22ClN3O. The highest BCUT2D eigenvalue weighted by Gasteiger charge is 2.28. The predicted octanol–water partition coefficient (Wildman–Crippen LogP) is 2.41. The van der Waals surface area contributed by atoms with Crippen molar-refractivity contribution in [3.63, 3.8) is 0 Å². The molecule has 0 aromatic carbocycles. The zero-order valence-electron chi connectivity index (χ0n) is 11.4. The van der Waals surface area contributed by atoms with Crippen LogP contribution in [-0.4, -0.2) is 23.1 Å². The van der Waals surface area contributed by atoms with Gasteiger partial charge in [-0.15, -0.1) is 0 Å². The van der Waals surface area contributed by atoms with Crippen molar-refractivity contribution in [3.05, 3.63) is 23.0 Å². The zero-order chi connectivity index (χ0) is 13.8. The van der Waals surface area contributed by atoms with Gasteiger partial charge in [0.1, 0.15) is 5.69 Å². The molecule has 2 rings (SSSR count). The third-order valence-corrected chi connectivity index (χ3v) is 4.05. The minimum atomic E-state index is -0.0364. The molecule has 106 valence electrons. The van der Waals surface area contributed by atoms with Crippen molar-refractivity contribution in [1.29, 1.82) is 0 Å². The molecule has 4 nitrogen and oxygen atoms in total. The minimum Gasteiger partial charge on any atom is -0.348 e. The number of amides is 1. The molecule has 0 saturated heterocycles. The maximum absolute atomic E-state index is 12.3. The lowest BCUT2D eigenvalue weighted by molar-refractivity contribution is 0.0919. The smallest absolute Gasteiger partial charge is 0.268 e. The number of carbonyl (C=O) groups is 1. The Kier molecular flexibility index (Phi) is 4.88. The van der Waals surface area contributed by atoms with Crippen LogP contribution in [0.2, 0.25) is 5.02 Å². The van der Waals surface area contributed by atoms with E-state index in [0.29, 0.717) is 23.2 Å². The van der Waals surface area contributed by atoms with Crippen molar-refractivity contribution in [3.8, 4) is 0 Å². The molecule has 2 atom stereocenters. The van der Waals surface area contributed by atoms with E-state index in [1.165, 1.54) is 0 Å². The summed E-state index contributed by atoms with van der Waals surface area (Å²) in [5.74, 6) is 0.375. The first-order valence-corrected chi connectivity index (χ1v) is 7.40. The average Bonchev–Trinajstić information content (AvgIpc) is 2.96. The highest BCUT2D eigenvalue weighted by molar-refractivity contribution is 6.31. The first kappa shape index (κ1) is 14.4. The van der Waals surface area contributed by atoms with Gasteiger partial charge in [-0.25, -0.2) is 0 Å². The summed E-state index contributed by atoms with van der Waals surface area (Å²) in [6, 6.07) is 1.94. The molecule has 1 aliphatic rings. The van der Waals surface area contributed by atoms with Crippen LogP contribution in [0.4, 0.5) is 0 Å². The van der Waals surface area contributed by atoms with E-state index in [0.717, 1.165) is 32.2 Å². The number of halogens is 1. The van der Waals surface area contributed by atoms with Gasteiger partial charge in [0.25, 0.3) is 5.91 Å². The van der Waals surface area contributed by atoms with Crippen LogP contribution >= 0.6 is 11.6 Å². The molecule has 1 heterocycles. The fourth-order valence-corrected chi connectivity index (χ4v) is 3.06. The fourth-order valence-electron chi connectivity index (χ4n) is 2.84. The van der Waals surface area contributed by atoms with Gasteiger partial charge in [0.15, 0.2) is 0 Å². The largest absolute Gasteiger partial charge is 0.348 e. The summed E-state index contributed by atoms with van der Waals surface area (Å²) in [4.78, 5) is 12.3. The molecule has 5 heteroatoms. The van der Waals surface area contributed by atoms with Crippen LogP contribution in [0.3, 0.4) is 0 Å². The first-order chi connectivity index (χ1) is 9.15. The van der Waals surface area contributed by atoms with Crippen LogP contribution in [0.15, 0.2) is 12.3 Å². The van der Waals surface area contributed by atoms with Crippen LogP contribution in [0.25, 0.3) is 0 Å². The molecule has 3 N–H and O–H groups in total. The van der Waals surface area contributed by atoms with Crippen molar-refractivity contribution < 1.29 is 4.79 Å². The monoisotopic (exact) mass is 283 g/mol. The van der Waals surface area contributed by atoms with E-state index in [9.17, 15) is 4.79 Å². The molecule has 1 fully saturated rings. The van der Waals surface area contributed by atoms with Crippen molar-refractivity contribution in [2.75, 3.05) is 6.54 Å². The highest BCUT2D eigenvalue weighted by Crippen LogP contribution is 2.25. The normalized spacial score (nSPS) is 22.7. The maximum atomic E-state index is 12.3. The lowest BCUT2D eigenvalue weighted by Gasteiger charge is -2.19. The summed E-state index contributed by atoms with van der Waals surface area (Å²) >= 11 is 6.00. The van der Waals surface area contributed by atoms with Crippen LogP contribution in [0.5, 0.6) is 0 Å². The Morgan fingerprint density at radius 1 is 1.58 bits per heavy atom. The number of rotatable bonds is 5. The Morgan fingerprint density at radius 2 is 2.37 bits per heavy atom. The molecule has 1 saturated carbocycles. The second-order valence-electron chi connectivity index (χ2n) is 5.24. The Bertz CT molecular complexity index is 444. The number of carbonyl (C=O) groups excluding carboxylic acids is 1. The van der Waals surface area contributed by atoms with E-state index < -0.39 is 0 Å². The lowest BCUT2D eigenvalue weighted by atomic mass is 10.0. The van der Waals surface area contributed by atoms with Crippen LogP contribution in [0, 0.1) is 5.92 Å². The average molecular weight is 284 g/mol. The maximum Gasteiger partial charge on any atom is 0.268 e. The third kappa shape index (κ3) is 3.31. The van der Waals surface area contributed by atoms with Gasteiger partial charge < -0.3 is 15.6 Å². The highest BCUT2D eigenvalue weighted by atomic mass is 35.5. The molecule has 2 unspecified atom stereocenters. The van der Waals surface area contributed by atoms with Gasteiger partial charge in [0.05, 0.1) is 5.02 Å². The van der Waals surface area contributed by atoms with Gasteiger partial charge in [0.2, 0.25) is 0 Å². The second kappa shape index (κ2) is 6.44. The van der Waals surface area contributed by atoms with Gasteiger partial charge in [0, 0.05) is 18.8 Å². The predicted molar refractivity (Wildman–Crippen MR) is 77.4 cm³/mol. The number of aromatic nitrogens is 1. The number of nitrogens with one attached hydrogen (secondary N) is 1. The van der Waals surface area contributed by atoms with Crippen molar-refractivity contribution in [2.24, 2.45) is 11.7 Å². The standard InChI is InChI=1S/C14H22ClN3O/c1-2-6-18-9-11(15)7-13(18)14(19)17-12-5-3-4-10(12)8-16/h7,9-10,12H,2-6,8,16H2,1H3,(H,17,19). The van der Waals surface area contributed by atoms with Gasteiger partial charge in [-0.3, -0.25) is 4.79 Å². The molecule has 1 aliphatic carbocycles. The SMILES string of the molecule is CCCn1cc(Cl)cc1C(=O)NC1CCCC1CN. The number of hydrogen-bond acceptors (Lipinski definition) is 2. The summed E-state index contributed by atoms with van der Waals surface area (Å²) in [5.41, 5.74) is 6.39. The fraction of sp³-hybridized carbons (Fsp3) is 0.643. The van der Waals surface area contributed by atoms with Crippen LogP contribution in [-0.2, 0) is 6.54 Å². The van der Waals surface area contributed by atoms with Crippen LogP contribution < -0.4 is 11.1 Å². The topological polar surface area (TPSA) is 60.0 Å². The lowest BCUT2D eigenvalue weighted by Crippen LogP contribution is -2.40. The van der Waals surface area contributed by atoms with Crippen LogP contribution in [0.1, 0.15) is 43.1 Å².